The summed E-state index contributed by atoms with van der Waals surface area (Å²) in [5, 5.41) is 15.8. The van der Waals surface area contributed by atoms with Crippen molar-refractivity contribution in [1.82, 2.24) is 10.6 Å². The van der Waals surface area contributed by atoms with Gasteiger partial charge in [-0.3, -0.25) is 0 Å². The lowest BCUT2D eigenvalue weighted by molar-refractivity contribution is 0.0939. The van der Waals surface area contributed by atoms with E-state index in [4.69, 9.17) is 0 Å². The summed E-state index contributed by atoms with van der Waals surface area (Å²) < 4.78 is 13.3. The quantitative estimate of drug-likeness (QED) is 0.795. The SMILES string of the molecule is O=C(NC1CCN(c2cccc(F)c2)CC1)NC1CCCCC1O. The Morgan fingerprint density at radius 3 is 2.58 bits per heavy atom. The molecule has 2 atom stereocenters. The number of nitrogens with one attached hydrogen (secondary N) is 2. The lowest BCUT2D eigenvalue weighted by Gasteiger charge is -2.35. The molecule has 5 nitrogen and oxygen atoms in total. The monoisotopic (exact) mass is 335 g/mol. The highest BCUT2D eigenvalue weighted by Crippen LogP contribution is 2.21. The molecule has 2 amide bonds. The topological polar surface area (TPSA) is 64.6 Å². The molecule has 0 spiro atoms. The third kappa shape index (κ3) is 4.38. The van der Waals surface area contributed by atoms with Crippen LogP contribution in [0.4, 0.5) is 14.9 Å². The third-order valence-corrected chi connectivity index (χ3v) is 5.05. The van der Waals surface area contributed by atoms with Crippen molar-refractivity contribution in [2.45, 2.75) is 56.7 Å². The number of benzene rings is 1. The van der Waals surface area contributed by atoms with Gasteiger partial charge in [0.2, 0.25) is 0 Å². The van der Waals surface area contributed by atoms with Gasteiger partial charge in [-0.1, -0.05) is 18.9 Å². The van der Waals surface area contributed by atoms with Gasteiger partial charge < -0.3 is 20.6 Å². The highest BCUT2D eigenvalue weighted by molar-refractivity contribution is 5.74. The second kappa shape index (κ2) is 7.83. The largest absolute Gasteiger partial charge is 0.391 e. The fourth-order valence-electron chi connectivity index (χ4n) is 3.63. The molecule has 2 unspecified atom stereocenters. The highest BCUT2D eigenvalue weighted by Gasteiger charge is 2.26. The number of aliphatic hydroxyl groups is 1. The minimum absolute atomic E-state index is 0.121. The molecular formula is C18H26FN3O2. The number of carbonyl (C=O) groups is 1. The lowest BCUT2D eigenvalue weighted by atomic mass is 9.93. The molecule has 132 valence electrons. The number of hydrogen-bond acceptors (Lipinski definition) is 3. The number of anilines is 1. The Hall–Kier alpha value is -1.82. The first kappa shape index (κ1) is 17.0. The smallest absolute Gasteiger partial charge is 0.315 e. The van der Waals surface area contributed by atoms with E-state index < -0.39 is 6.10 Å². The first-order valence-corrected chi connectivity index (χ1v) is 8.87. The van der Waals surface area contributed by atoms with Crippen molar-refractivity contribution in [3.63, 3.8) is 0 Å². The average molecular weight is 335 g/mol. The van der Waals surface area contributed by atoms with E-state index in [1.165, 1.54) is 6.07 Å². The Labute approximate surface area is 142 Å². The summed E-state index contributed by atoms with van der Waals surface area (Å²) in [6.45, 7) is 1.58. The summed E-state index contributed by atoms with van der Waals surface area (Å²) in [4.78, 5) is 14.3. The Morgan fingerprint density at radius 2 is 1.88 bits per heavy atom. The number of hydrogen-bond donors (Lipinski definition) is 3. The standard InChI is InChI=1S/C18H26FN3O2/c19-13-4-3-5-15(12-13)22-10-8-14(9-11-22)20-18(24)21-16-6-1-2-7-17(16)23/h3-5,12,14,16-17,23H,1-2,6-11H2,(H2,20,21,24). The van der Waals surface area contributed by atoms with Crippen LogP contribution in [0.5, 0.6) is 0 Å². The molecule has 2 aliphatic rings. The molecule has 0 aromatic heterocycles. The number of aliphatic hydroxyl groups excluding tert-OH is 1. The predicted octanol–water partition coefficient (Wildman–Crippen LogP) is 2.40. The first-order chi connectivity index (χ1) is 11.6. The van der Waals surface area contributed by atoms with Gasteiger partial charge in [-0.2, -0.15) is 0 Å². The number of piperidine rings is 1. The van der Waals surface area contributed by atoms with E-state index >= 15 is 0 Å². The van der Waals surface area contributed by atoms with Gasteiger partial charge in [0.25, 0.3) is 0 Å². The predicted molar refractivity (Wildman–Crippen MR) is 91.6 cm³/mol. The van der Waals surface area contributed by atoms with Crippen LogP contribution in [-0.2, 0) is 0 Å². The maximum Gasteiger partial charge on any atom is 0.315 e. The van der Waals surface area contributed by atoms with Crippen LogP contribution in [0.15, 0.2) is 24.3 Å². The minimum Gasteiger partial charge on any atom is -0.391 e. The fraction of sp³-hybridized carbons (Fsp3) is 0.611. The van der Waals surface area contributed by atoms with Crippen LogP contribution in [0.1, 0.15) is 38.5 Å². The average Bonchev–Trinajstić information content (AvgIpc) is 2.58. The van der Waals surface area contributed by atoms with Crippen LogP contribution in [0, 0.1) is 5.82 Å². The highest BCUT2D eigenvalue weighted by atomic mass is 19.1. The van der Waals surface area contributed by atoms with E-state index in [0.717, 1.165) is 57.3 Å². The summed E-state index contributed by atoms with van der Waals surface area (Å²) in [7, 11) is 0. The van der Waals surface area contributed by atoms with E-state index in [2.05, 4.69) is 15.5 Å². The van der Waals surface area contributed by atoms with Crippen LogP contribution in [-0.4, -0.2) is 42.4 Å². The number of amides is 2. The van der Waals surface area contributed by atoms with Gasteiger partial charge in [-0.25, -0.2) is 9.18 Å². The number of halogens is 1. The molecule has 1 saturated carbocycles. The van der Waals surface area contributed by atoms with Crippen molar-refractivity contribution in [3.8, 4) is 0 Å². The zero-order valence-corrected chi connectivity index (χ0v) is 13.9. The third-order valence-electron chi connectivity index (χ3n) is 5.05. The molecule has 6 heteroatoms. The minimum atomic E-state index is -0.431. The van der Waals surface area contributed by atoms with E-state index in [0.29, 0.717) is 0 Å². The molecule has 3 rings (SSSR count). The molecule has 0 bridgehead atoms. The molecule has 1 aromatic rings. The van der Waals surface area contributed by atoms with Gasteiger partial charge in [0.1, 0.15) is 5.82 Å². The molecule has 1 saturated heterocycles. The van der Waals surface area contributed by atoms with Gasteiger partial charge in [-0.15, -0.1) is 0 Å². The van der Waals surface area contributed by atoms with E-state index in [1.54, 1.807) is 12.1 Å². The van der Waals surface area contributed by atoms with Crippen LogP contribution in [0.2, 0.25) is 0 Å². The zero-order chi connectivity index (χ0) is 16.9. The molecule has 1 heterocycles. The molecule has 2 fully saturated rings. The summed E-state index contributed by atoms with van der Waals surface area (Å²) in [6.07, 6.45) is 4.91. The number of carbonyl (C=O) groups excluding carboxylic acids is 1. The van der Waals surface area contributed by atoms with Gasteiger partial charge >= 0.3 is 6.03 Å². The van der Waals surface area contributed by atoms with Crippen LogP contribution in [0.3, 0.4) is 0 Å². The van der Waals surface area contributed by atoms with Gasteiger partial charge in [0.05, 0.1) is 12.1 Å². The van der Waals surface area contributed by atoms with Crippen molar-refractivity contribution < 1.29 is 14.3 Å². The molecule has 1 aromatic carbocycles. The molecule has 24 heavy (non-hydrogen) atoms. The number of urea groups is 1. The van der Waals surface area contributed by atoms with Crippen molar-refractivity contribution in [2.24, 2.45) is 0 Å². The second-order valence-corrected chi connectivity index (χ2v) is 6.82. The van der Waals surface area contributed by atoms with E-state index in [-0.39, 0.29) is 23.9 Å². The van der Waals surface area contributed by atoms with Gasteiger partial charge in [0.15, 0.2) is 0 Å². The van der Waals surface area contributed by atoms with Gasteiger partial charge in [-0.05, 0) is 43.9 Å². The zero-order valence-electron chi connectivity index (χ0n) is 13.9. The van der Waals surface area contributed by atoms with Gasteiger partial charge in [0, 0.05) is 24.8 Å². The molecule has 3 N–H and O–H groups in total. The Balaban J connectivity index is 1.44. The maximum atomic E-state index is 13.3. The first-order valence-electron chi connectivity index (χ1n) is 8.87. The van der Waals surface area contributed by atoms with Crippen LogP contribution >= 0.6 is 0 Å². The summed E-state index contributed by atoms with van der Waals surface area (Å²) >= 11 is 0. The fourth-order valence-corrected chi connectivity index (χ4v) is 3.63. The van der Waals surface area contributed by atoms with Crippen molar-refractivity contribution in [3.05, 3.63) is 30.1 Å². The Kier molecular flexibility index (Phi) is 5.56. The second-order valence-electron chi connectivity index (χ2n) is 6.82. The Morgan fingerprint density at radius 1 is 1.12 bits per heavy atom. The van der Waals surface area contributed by atoms with Crippen LogP contribution in [0.25, 0.3) is 0 Å². The summed E-state index contributed by atoms with van der Waals surface area (Å²) in [6, 6.07) is 6.42. The van der Waals surface area contributed by atoms with E-state index in [9.17, 15) is 14.3 Å². The number of rotatable bonds is 3. The number of nitrogens with zero attached hydrogens (tertiary/aromatic N) is 1. The van der Waals surface area contributed by atoms with Crippen molar-refractivity contribution >= 4 is 11.7 Å². The Bertz CT molecular complexity index is 561. The normalized spacial score (nSPS) is 25.3. The summed E-state index contributed by atoms with van der Waals surface area (Å²) in [5.41, 5.74) is 0.892. The maximum absolute atomic E-state index is 13.3. The lowest BCUT2D eigenvalue weighted by Crippen LogP contribution is -2.53. The molecule has 0 radical (unpaired) electrons. The van der Waals surface area contributed by atoms with E-state index in [1.807, 2.05) is 6.07 Å². The van der Waals surface area contributed by atoms with Crippen molar-refractivity contribution in [1.29, 1.82) is 0 Å². The molecule has 1 aliphatic carbocycles. The molecular weight excluding hydrogens is 309 g/mol. The van der Waals surface area contributed by atoms with Crippen molar-refractivity contribution in [2.75, 3.05) is 18.0 Å². The molecule has 1 aliphatic heterocycles. The summed E-state index contributed by atoms with van der Waals surface area (Å²) in [5.74, 6) is -0.224. The van der Waals surface area contributed by atoms with Crippen LogP contribution < -0.4 is 15.5 Å².